The second-order valence-corrected chi connectivity index (χ2v) is 3.10. The van der Waals surface area contributed by atoms with Gasteiger partial charge in [-0.1, -0.05) is 6.58 Å². The molecule has 0 aliphatic carbocycles. The predicted octanol–water partition coefficient (Wildman–Crippen LogP) is 2.37. The van der Waals surface area contributed by atoms with Gasteiger partial charge in [-0.15, -0.1) is 0 Å². The highest BCUT2D eigenvalue weighted by Crippen LogP contribution is 2.18. The fourth-order valence-electron chi connectivity index (χ4n) is 1.08. The van der Waals surface area contributed by atoms with Crippen molar-refractivity contribution < 1.29 is 23.8 Å². The molecular weight excluding hydrogens is 224 g/mol. The van der Waals surface area contributed by atoms with Crippen molar-refractivity contribution in [3.8, 4) is 5.75 Å². The van der Waals surface area contributed by atoms with E-state index in [1.807, 2.05) is 0 Å². The maximum absolute atomic E-state index is 10.8. The third kappa shape index (κ3) is 3.98. The number of esters is 1. The molecule has 0 aromatic heterocycles. The number of carbonyl (C=O) groups excluding carboxylic acids is 2. The van der Waals surface area contributed by atoms with Crippen molar-refractivity contribution in [3.05, 3.63) is 36.4 Å². The van der Waals surface area contributed by atoms with E-state index in [0.717, 1.165) is 0 Å². The second-order valence-electron chi connectivity index (χ2n) is 3.10. The summed E-state index contributed by atoms with van der Waals surface area (Å²) in [5.74, 6) is 0.128. The average molecular weight is 236 g/mol. The molecule has 0 aliphatic heterocycles. The second kappa shape index (κ2) is 5.69. The van der Waals surface area contributed by atoms with Crippen molar-refractivity contribution in [2.24, 2.45) is 0 Å². The highest BCUT2D eigenvalue weighted by molar-refractivity contribution is 5.75. The summed E-state index contributed by atoms with van der Waals surface area (Å²) < 4.78 is 13.9. The summed E-state index contributed by atoms with van der Waals surface area (Å²) >= 11 is 0. The van der Waals surface area contributed by atoms with Gasteiger partial charge in [-0.2, -0.15) is 0 Å². The summed E-state index contributed by atoms with van der Waals surface area (Å²) in [5, 5.41) is 0. The van der Waals surface area contributed by atoms with Crippen molar-refractivity contribution in [2.45, 2.75) is 6.92 Å². The lowest BCUT2D eigenvalue weighted by Gasteiger charge is -2.06. The molecule has 0 amide bonds. The van der Waals surface area contributed by atoms with Crippen LogP contribution in [0.15, 0.2) is 30.8 Å². The third-order valence-electron chi connectivity index (χ3n) is 1.81. The molecule has 0 radical (unpaired) electrons. The monoisotopic (exact) mass is 236 g/mol. The Balaban J connectivity index is 2.70. The molecule has 0 saturated carbocycles. The molecule has 1 aromatic carbocycles. The van der Waals surface area contributed by atoms with Crippen molar-refractivity contribution in [2.75, 3.05) is 7.11 Å². The van der Waals surface area contributed by atoms with E-state index in [1.165, 1.54) is 14.0 Å². The SMILES string of the molecule is C=C(OC(C)=O)c1ccc(OC(=O)OC)cc1. The smallest absolute Gasteiger partial charge is 0.437 e. The number of carbonyl (C=O) groups is 2. The minimum absolute atomic E-state index is 0.238. The van der Waals surface area contributed by atoms with Gasteiger partial charge in [0.2, 0.25) is 0 Å². The Labute approximate surface area is 98.6 Å². The van der Waals surface area contributed by atoms with Crippen LogP contribution in [0.4, 0.5) is 4.79 Å². The van der Waals surface area contributed by atoms with Gasteiger partial charge in [-0.05, 0) is 24.3 Å². The molecule has 0 heterocycles. The Morgan fingerprint density at radius 2 is 1.76 bits per heavy atom. The highest BCUT2D eigenvalue weighted by atomic mass is 16.7. The van der Waals surface area contributed by atoms with Crippen molar-refractivity contribution >= 4 is 17.9 Å². The molecule has 0 bridgehead atoms. The predicted molar refractivity (Wildman–Crippen MR) is 60.3 cm³/mol. The van der Waals surface area contributed by atoms with Crippen LogP contribution in [-0.2, 0) is 14.3 Å². The minimum atomic E-state index is -0.795. The first kappa shape index (κ1) is 12.8. The van der Waals surface area contributed by atoms with E-state index in [2.05, 4.69) is 11.3 Å². The lowest BCUT2D eigenvalue weighted by atomic mass is 10.2. The van der Waals surface area contributed by atoms with Crippen LogP contribution in [0.5, 0.6) is 5.75 Å². The molecule has 0 aliphatic rings. The molecule has 0 atom stereocenters. The molecule has 5 heteroatoms. The number of ether oxygens (including phenoxy) is 3. The third-order valence-corrected chi connectivity index (χ3v) is 1.81. The van der Waals surface area contributed by atoms with Gasteiger partial charge in [0.05, 0.1) is 7.11 Å². The quantitative estimate of drug-likeness (QED) is 0.458. The van der Waals surface area contributed by atoms with Gasteiger partial charge < -0.3 is 14.2 Å². The van der Waals surface area contributed by atoms with Crippen LogP contribution in [0, 0.1) is 0 Å². The van der Waals surface area contributed by atoms with Crippen LogP contribution < -0.4 is 4.74 Å². The van der Waals surface area contributed by atoms with E-state index in [1.54, 1.807) is 24.3 Å². The molecule has 5 nitrogen and oxygen atoms in total. The lowest BCUT2D eigenvalue weighted by molar-refractivity contribution is -0.134. The van der Waals surface area contributed by atoms with Crippen molar-refractivity contribution in [3.63, 3.8) is 0 Å². The van der Waals surface area contributed by atoms with Gasteiger partial charge in [-0.3, -0.25) is 4.79 Å². The Morgan fingerprint density at radius 1 is 1.18 bits per heavy atom. The molecule has 1 rings (SSSR count). The zero-order chi connectivity index (χ0) is 12.8. The van der Waals surface area contributed by atoms with E-state index >= 15 is 0 Å². The molecule has 0 spiro atoms. The molecule has 0 N–H and O–H groups in total. The van der Waals surface area contributed by atoms with Gasteiger partial charge in [0.1, 0.15) is 11.5 Å². The summed E-state index contributed by atoms with van der Waals surface area (Å²) in [7, 11) is 1.22. The fraction of sp³-hybridized carbons (Fsp3) is 0.167. The summed E-state index contributed by atoms with van der Waals surface area (Å²) in [4.78, 5) is 21.5. The van der Waals surface area contributed by atoms with Crippen LogP contribution in [-0.4, -0.2) is 19.2 Å². The summed E-state index contributed by atoms with van der Waals surface area (Å²) in [6, 6.07) is 6.31. The number of rotatable bonds is 3. The Bertz CT molecular complexity index is 433. The highest BCUT2D eigenvalue weighted by Gasteiger charge is 2.06. The number of hydrogen-bond donors (Lipinski definition) is 0. The van der Waals surface area contributed by atoms with Crippen LogP contribution in [0.3, 0.4) is 0 Å². The Morgan fingerprint density at radius 3 is 2.24 bits per heavy atom. The molecule has 1 aromatic rings. The van der Waals surface area contributed by atoms with Crippen LogP contribution in [0.1, 0.15) is 12.5 Å². The summed E-state index contributed by atoms with van der Waals surface area (Å²) in [6.45, 7) is 4.89. The van der Waals surface area contributed by atoms with Crippen LogP contribution >= 0.6 is 0 Å². The lowest BCUT2D eigenvalue weighted by Crippen LogP contribution is -2.07. The maximum atomic E-state index is 10.8. The first-order valence-corrected chi connectivity index (χ1v) is 4.76. The minimum Gasteiger partial charge on any atom is -0.437 e. The maximum Gasteiger partial charge on any atom is 0.513 e. The van der Waals surface area contributed by atoms with Gasteiger partial charge in [0.15, 0.2) is 0 Å². The molecule has 17 heavy (non-hydrogen) atoms. The average Bonchev–Trinajstić information content (AvgIpc) is 2.28. The first-order valence-electron chi connectivity index (χ1n) is 4.76. The van der Waals surface area contributed by atoms with E-state index in [-0.39, 0.29) is 5.76 Å². The number of benzene rings is 1. The molecular formula is C12H12O5. The van der Waals surface area contributed by atoms with Gasteiger partial charge >= 0.3 is 12.1 Å². The Kier molecular flexibility index (Phi) is 4.28. The van der Waals surface area contributed by atoms with Crippen LogP contribution in [0.2, 0.25) is 0 Å². The molecule has 90 valence electrons. The molecule has 0 unspecified atom stereocenters. The zero-order valence-corrected chi connectivity index (χ0v) is 9.56. The molecule has 0 saturated heterocycles. The molecule has 0 fully saturated rings. The van der Waals surface area contributed by atoms with Crippen molar-refractivity contribution in [1.82, 2.24) is 0 Å². The topological polar surface area (TPSA) is 61.8 Å². The standard InChI is InChI=1S/C12H12O5/c1-8(16-9(2)13)10-4-6-11(7-5-10)17-12(14)15-3/h4-7H,1H2,2-3H3. The van der Waals surface area contributed by atoms with Crippen LogP contribution in [0.25, 0.3) is 5.76 Å². The normalized spacial score (nSPS) is 9.29. The summed E-state index contributed by atoms with van der Waals surface area (Å²) in [5.41, 5.74) is 0.623. The van der Waals surface area contributed by atoms with Crippen molar-refractivity contribution in [1.29, 1.82) is 0 Å². The Hall–Kier alpha value is -2.30. The van der Waals surface area contributed by atoms with E-state index in [0.29, 0.717) is 11.3 Å². The summed E-state index contributed by atoms with van der Waals surface area (Å²) in [6.07, 6.45) is -0.795. The van der Waals surface area contributed by atoms with E-state index in [4.69, 9.17) is 9.47 Å². The van der Waals surface area contributed by atoms with Gasteiger partial charge in [0.25, 0.3) is 0 Å². The number of methoxy groups -OCH3 is 1. The number of hydrogen-bond acceptors (Lipinski definition) is 5. The van der Waals surface area contributed by atoms with Gasteiger partial charge in [-0.25, -0.2) is 4.79 Å². The first-order chi connectivity index (χ1) is 8.02. The van der Waals surface area contributed by atoms with Gasteiger partial charge in [0, 0.05) is 12.5 Å². The van der Waals surface area contributed by atoms with E-state index < -0.39 is 12.1 Å². The zero-order valence-electron chi connectivity index (χ0n) is 9.56. The fourth-order valence-corrected chi connectivity index (χ4v) is 1.08. The van der Waals surface area contributed by atoms with E-state index in [9.17, 15) is 9.59 Å². The largest absolute Gasteiger partial charge is 0.513 e.